The van der Waals surface area contributed by atoms with Crippen molar-refractivity contribution in [2.75, 3.05) is 11.9 Å². The number of para-hydroxylation sites is 1. The smallest absolute Gasteiger partial charge is 0.291 e. The number of carbonyl (C=O) groups excluding carboxylic acids is 1. The zero-order valence-corrected chi connectivity index (χ0v) is 14.2. The van der Waals surface area contributed by atoms with Crippen LogP contribution in [0.4, 0.5) is 5.69 Å². The largest absolute Gasteiger partial charge is 0.451 e. The molecule has 0 atom stereocenters. The summed E-state index contributed by atoms with van der Waals surface area (Å²) >= 11 is 0. The van der Waals surface area contributed by atoms with E-state index < -0.39 is 0 Å². The first-order chi connectivity index (χ1) is 11.6. The SMILES string of the molecule is CCOCc1c(C(=O)Nc2ccc(C)cc2C)oc2ccccc12. The van der Waals surface area contributed by atoms with Crippen molar-refractivity contribution in [3.05, 3.63) is 64.9 Å². The molecule has 0 fully saturated rings. The highest BCUT2D eigenvalue weighted by Crippen LogP contribution is 2.28. The van der Waals surface area contributed by atoms with Crippen molar-refractivity contribution >= 4 is 22.6 Å². The van der Waals surface area contributed by atoms with Crippen LogP contribution in [0.15, 0.2) is 46.9 Å². The molecule has 0 unspecified atom stereocenters. The van der Waals surface area contributed by atoms with Gasteiger partial charge in [-0.3, -0.25) is 4.79 Å². The number of fused-ring (bicyclic) bond motifs is 1. The molecule has 0 saturated carbocycles. The highest BCUT2D eigenvalue weighted by atomic mass is 16.5. The van der Waals surface area contributed by atoms with E-state index in [9.17, 15) is 4.79 Å². The molecular formula is C20H21NO3. The molecule has 1 N–H and O–H groups in total. The van der Waals surface area contributed by atoms with Gasteiger partial charge in [0.15, 0.2) is 5.76 Å². The van der Waals surface area contributed by atoms with Crippen LogP contribution in [0.25, 0.3) is 11.0 Å². The van der Waals surface area contributed by atoms with Gasteiger partial charge in [-0.05, 0) is 38.5 Å². The maximum absolute atomic E-state index is 12.7. The highest BCUT2D eigenvalue weighted by Gasteiger charge is 2.21. The Kier molecular flexibility index (Phi) is 4.67. The molecule has 4 nitrogen and oxygen atoms in total. The minimum absolute atomic E-state index is 0.257. The van der Waals surface area contributed by atoms with Gasteiger partial charge < -0.3 is 14.5 Å². The lowest BCUT2D eigenvalue weighted by atomic mass is 10.1. The van der Waals surface area contributed by atoms with E-state index in [1.807, 2.05) is 63.2 Å². The van der Waals surface area contributed by atoms with Gasteiger partial charge in [0.05, 0.1) is 6.61 Å². The molecule has 4 heteroatoms. The highest BCUT2D eigenvalue weighted by molar-refractivity contribution is 6.06. The molecule has 0 aliphatic carbocycles. The van der Waals surface area contributed by atoms with Crippen molar-refractivity contribution in [2.45, 2.75) is 27.4 Å². The Morgan fingerprint density at radius 2 is 1.96 bits per heavy atom. The fraction of sp³-hybridized carbons (Fsp3) is 0.250. The Balaban J connectivity index is 1.96. The van der Waals surface area contributed by atoms with E-state index in [4.69, 9.17) is 9.15 Å². The van der Waals surface area contributed by atoms with Crippen LogP contribution in [-0.4, -0.2) is 12.5 Å². The van der Waals surface area contributed by atoms with E-state index in [0.717, 1.165) is 27.8 Å². The zero-order chi connectivity index (χ0) is 17.1. The molecule has 0 spiro atoms. The molecule has 0 aliphatic heterocycles. The van der Waals surface area contributed by atoms with Crippen molar-refractivity contribution in [2.24, 2.45) is 0 Å². The summed E-state index contributed by atoms with van der Waals surface area (Å²) in [5.41, 5.74) is 4.44. The molecule has 24 heavy (non-hydrogen) atoms. The third kappa shape index (κ3) is 3.19. The molecule has 1 heterocycles. The topological polar surface area (TPSA) is 51.5 Å². The normalized spacial score (nSPS) is 11.0. The van der Waals surface area contributed by atoms with Gasteiger partial charge in [-0.2, -0.15) is 0 Å². The lowest BCUT2D eigenvalue weighted by Gasteiger charge is -2.09. The predicted molar refractivity (Wildman–Crippen MR) is 95.4 cm³/mol. The summed E-state index contributed by atoms with van der Waals surface area (Å²) in [4.78, 5) is 12.7. The number of nitrogens with one attached hydrogen (secondary N) is 1. The molecule has 0 bridgehead atoms. The third-order valence-electron chi connectivity index (χ3n) is 3.99. The Morgan fingerprint density at radius 1 is 1.17 bits per heavy atom. The van der Waals surface area contributed by atoms with Gasteiger partial charge in [0, 0.05) is 23.2 Å². The van der Waals surface area contributed by atoms with Gasteiger partial charge in [-0.25, -0.2) is 0 Å². The lowest BCUT2D eigenvalue weighted by Crippen LogP contribution is -2.14. The predicted octanol–water partition coefficient (Wildman–Crippen LogP) is 4.84. The lowest BCUT2D eigenvalue weighted by molar-refractivity contribution is 0.0984. The second kappa shape index (κ2) is 6.89. The number of anilines is 1. The number of furan rings is 1. The molecule has 3 aromatic rings. The number of amides is 1. The van der Waals surface area contributed by atoms with Crippen LogP contribution < -0.4 is 5.32 Å². The maximum atomic E-state index is 12.7. The van der Waals surface area contributed by atoms with E-state index in [1.54, 1.807) is 0 Å². The van der Waals surface area contributed by atoms with Crippen LogP contribution in [-0.2, 0) is 11.3 Å². The molecule has 0 radical (unpaired) electrons. The summed E-state index contributed by atoms with van der Waals surface area (Å²) in [6.45, 7) is 6.86. The first-order valence-corrected chi connectivity index (χ1v) is 8.07. The van der Waals surface area contributed by atoms with Crippen molar-refractivity contribution < 1.29 is 13.9 Å². The molecule has 1 aromatic heterocycles. The van der Waals surface area contributed by atoms with Crippen molar-refractivity contribution in [1.29, 1.82) is 0 Å². The minimum atomic E-state index is -0.257. The van der Waals surface area contributed by atoms with Crippen LogP contribution in [0.3, 0.4) is 0 Å². The summed E-state index contributed by atoms with van der Waals surface area (Å²) in [7, 11) is 0. The molecule has 0 aliphatic rings. The van der Waals surface area contributed by atoms with Crippen LogP contribution in [0.2, 0.25) is 0 Å². The summed E-state index contributed by atoms with van der Waals surface area (Å²) in [6.07, 6.45) is 0. The average molecular weight is 323 g/mol. The van der Waals surface area contributed by atoms with E-state index in [0.29, 0.717) is 24.6 Å². The van der Waals surface area contributed by atoms with Gasteiger partial charge in [-0.1, -0.05) is 35.9 Å². The van der Waals surface area contributed by atoms with E-state index in [1.165, 1.54) is 0 Å². The van der Waals surface area contributed by atoms with Crippen molar-refractivity contribution in [3.8, 4) is 0 Å². The van der Waals surface area contributed by atoms with Gasteiger partial charge in [-0.15, -0.1) is 0 Å². The maximum Gasteiger partial charge on any atom is 0.291 e. The zero-order valence-electron chi connectivity index (χ0n) is 14.2. The van der Waals surface area contributed by atoms with Gasteiger partial charge in [0.25, 0.3) is 5.91 Å². The molecule has 0 saturated heterocycles. The first-order valence-electron chi connectivity index (χ1n) is 8.07. The van der Waals surface area contributed by atoms with E-state index in [-0.39, 0.29) is 5.91 Å². The number of benzene rings is 2. The molecule has 2 aromatic carbocycles. The molecule has 3 rings (SSSR count). The van der Waals surface area contributed by atoms with Crippen molar-refractivity contribution in [3.63, 3.8) is 0 Å². The fourth-order valence-corrected chi connectivity index (χ4v) is 2.76. The second-order valence-electron chi connectivity index (χ2n) is 5.82. The summed E-state index contributed by atoms with van der Waals surface area (Å²) in [5, 5.41) is 3.86. The van der Waals surface area contributed by atoms with Gasteiger partial charge in [0.2, 0.25) is 0 Å². The number of carbonyl (C=O) groups is 1. The number of hydrogen-bond acceptors (Lipinski definition) is 3. The van der Waals surface area contributed by atoms with Gasteiger partial charge in [0.1, 0.15) is 5.58 Å². The second-order valence-corrected chi connectivity index (χ2v) is 5.82. The van der Waals surface area contributed by atoms with E-state index >= 15 is 0 Å². The number of aryl methyl sites for hydroxylation is 2. The van der Waals surface area contributed by atoms with Gasteiger partial charge >= 0.3 is 0 Å². The Hall–Kier alpha value is -2.59. The summed E-state index contributed by atoms with van der Waals surface area (Å²) < 4.78 is 11.3. The number of ether oxygens (including phenoxy) is 1. The quantitative estimate of drug-likeness (QED) is 0.731. The standard InChI is InChI=1S/C20H21NO3/c1-4-23-12-16-15-7-5-6-8-18(15)24-19(16)20(22)21-17-10-9-13(2)11-14(17)3/h5-11H,4,12H2,1-3H3,(H,21,22). The van der Waals surface area contributed by atoms with Crippen LogP contribution >= 0.6 is 0 Å². The van der Waals surface area contributed by atoms with E-state index in [2.05, 4.69) is 5.32 Å². The molecule has 1 amide bonds. The number of hydrogen-bond donors (Lipinski definition) is 1. The average Bonchev–Trinajstić information content (AvgIpc) is 2.94. The van der Waals surface area contributed by atoms with Crippen LogP contribution in [0.1, 0.15) is 34.2 Å². The molecule has 124 valence electrons. The first kappa shape index (κ1) is 16.3. The van der Waals surface area contributed by atoms with Crippen LogP contribution in [0, 0.1) is 13.8 Å². The Labute approximate surface area is 141 Å². The van der Waals surface area contributed by atoms with Crippen LogP contribution in [0.5, 0.6) is 0 Å². The monoisotopic (exact) mass is 323 g/mol. The Morgan fingerprint density at radius 3 is 2.71 bits per heavy atom. The third-order valence-corrected chi connectivity index (χ3v) is 3.99. The summed E-state index contributed by atoms with van der Waals surface area (Å²) in [5.74, 6) is 0.0532. The van der Waals surface area contributed by atoms with Crippen molar-refractivity contribution in [1.82, 2.24) is 0 Å². The molecular weight excluding hydrogens is 302 g/mol. The fourth-order valence-electron chi connectivity index (χ4n) is 2.76. The minimum Gasteiger partial charge on any atom is -0.451 e. The number of rotatable bonds is 5. The summed E-state index contributed by atoms with van der Waals surface area (Å²) in [6, 6.07) is 13.5. The Bertz CT molecular complexity index is 880.